The van der Waals surface area contributed by atoms with Gasteiger partial charge in [0.1, 0.15) is 0 Å². The van der Waals surface area contributed by atoms with Gasteiger partial charge in [-0.2, -0.15) is 0 Å². The lowest BCUT2D eigenvalue weighted by Gasteiger charge is -2.43. The van der Waals surface area contributed by atoms with E-state index in [0.29, 0.717) is 0 Å². The van der Waals surface area contributed by atoms with E-state index in [9.17, 15) is 19.4 Å². The van der Waals surface area contributed by atoms with Crippen molar-refractivity contribution in [3.8, 4) is 0 Å². The zero-order valence-corrected chi connectivity index (χ0v) is 13.5. The second-order valence-electron chi connectivity index (χ2n) is 5.80. The molecule has 112 valence electrons. The van der Waals surface area contributed by atoms with Gasteiger partial charge in [0.25, 0.3) is 0 Å². The Morgan fingerprint density at radius 1 is 0.722 bits per heavy atom. The Morgan fingerprint density at radius 2 is 1.00 bits per heavy atom. The van der Waals surface area contributed by atoms with Crippen LogP contribution in [0, 0.1) is 0 Å². The SMILES string of the molecule is CC(C)[Si](C=CS(F)(F)(F)(F)F)(C(C)C)C(C)C. The third kappa shape index (κ3) is 4.91. The number of hydrogen-bond acceptors (Lipinski definition) is 0. The second kappa shape index (κ2) is 4.23. The third-order valence-electron chi connectivity index (χ3n) is 3.61. The zero-order chi connectivity index (χ0) is 15.1. The summed E-state index contributed by atoms with van der Waals surface area (Å²) in [5.74, 6) is 0. The molecule has 0 aromatic rings. The summed E-state index contributed by atoms with van der Waals surface area (Å²) in [5.41, 5.74) is 0.769. The highest BCUT2D eigenvalue weighted by atomic mass is 32.5. The van der Waals surface area contributed by atoms with Crippen molar-refractivity contribution in [2.75, 3.05) is 0 Å². The molecule has 0 aromatic heterocycles. The van der Waals surface area contributed by atoms with E-state index in [0.717, 1.165) is 5.70 Å². The van der Waals surface area contributed by atoms with Gasteiger partial charge in [-0.1, -0.05) is 66.7 Å². The molecule has 0 heterocycles. The van der Waals surface area contributed by atoms with Crippen molar-refractivity contribution in [2.24, 2.45) is 0 Å². The quantitative estimate of drug-likeness (QED) is 0.378. The van der Waals surface area contributed by atoms with Crippen LogP contribution in [0.3, 0.4) is 0 Å². The standard InChI is InChI=1S/C11H23F5SSi/c1-9(2)18(10(3)4,11(5)6)8-7-17(12,13,14,15)16/h7-11H,1-6H3. The highest BCUT2D eigenvalue weighted by Crippen LogP contribution is 2.99. The van der Waals surface area contributed by atoms with Crippen LogP contribution in [0.2, 0.25) is 16.6 Å². The average Bonchev–Trinajstić information content (AvgIpc) is 1.97. The largest absolute Gasteiger partial charge is 0.303 e. The Bertz CT molecular complexity index is 306. The molecule has 0 saturated heterocycles. The van der Waals surface area contributed by atoms with Crippen molar-refractivity contribution in [3.63, 3.8) is 0 Å². The first-order valence-corrected chi connectivity index (χ1v) is 10.3. The van der Waals surface area contributed by atoms with Crippen LogP contribution in [0.1, 0.15) is 41.5 Å². The molecule has 0 radical (unpaired) electrons. The van der Waals surface area contributed by atoms with Gasteiger partial charge in [0, 0.05) is 0 Å². The normalized spacial score (nSPS) is 18.8. The molecule has 0 spiro atoms. The van der Waals surface area contributed by atoms with Crippen LogP contribution in [0.5, 0.6) is 0 Å². The van der Waals surface area contributed by atoms with Crippen LogP contribution in [0.4, 0.5) is 19.4 Å². The third-order valence-corrected chi connectivity index (χ3v) is 11.2. The van der Waals surface area contributed by atoms with E-state index < -0.39 is 23.7 Å². The van der Waals surface area contributed by atoms with Crippen LogP contribution >= 0.6 is 10.2 Å². The summed E-state index contributed by atoms with van der Waals surface area (Å²) in [7, 11) is -12.0. The monoisotopic (exact) mass is 310 g/mol. The lowest BCUT2D eigenvalue weighted by Crippen LogP contribution is -2.42. The summed E-state index contributed by atoms with van der Waals surface area (Å²) >= 11 is 0. The van der Waals surface area contributed by atoms with Gasteiger partial charge < -0.3 is 0 Å². The molecule has 0 aliphatic heterocycles. The van der Waals surface area contributed by atoms with Crippen LogP contribution in [0.25, 0.3) is 0 Å². The number of rotatable bonds is 5. The van der Waals surface area contributed by atoms with E-state index in [1.54, 1.807) is 0 Å². The topological polar surface area (TPSA) is 0 Å². The molecule has 0 aliphatic carbocycles. The molecule has 7 heteroatoms. The highest BCUT2D eigenvalue weighted by Gasteiger charge is 2.61. The van der Waals surface area contributed by atoms with Crippen molar-refractivity contribution in [2.45, 2.75) is 58.2 Å². The average molecular weight is 310 g/mol. The summed E-state index contributed by atoms with van der Waals surface area (Å²) < 4.78 is 62.4. The molecule has 0 aliphatic rings. The van der Waals surface area contributed by atoms with Gasteiger partial charge >= 0.3 is 10.2 Å². The fraction of sp³-hybridized carbons (Fsp3) is 0.818. The highest BCUT2D eigenvalue weighted by molar-refractivity contribution is 8.48. The van der Waals surface area contributed by atoms with Gasteiger partial charge in [-0.15, -0.1) is 0 Å². The molecule has 0 unspecified atom stereocenters. The smallest absolute Gasteiger partial charge is 0.0942 e. The van der Waals surface area contributed by atoms with Crippen LogP contribution in [0.15, 0.2) is 11.1 Å². The van der Waals surface area contributed by atoms with E-state index in [1.165, 1.54) is 0 Å². The molecule has 0 bridgehead atoms. The molecule has 0 aromatic carbocycles. The first-order chi connectivity index (χ1) is 7.51. The summed E-state index contributed by atoms with van der Waals surface area (Å²) in [6.45, 7) is 10.9. The maximum atomic E-state index is 12.5. The molecule has 0 saturated carbocycles. The van der Waals surface area contributed by atoms with Crippen molar-refractivity contribution in [3.05, 3.63) is 11.1 Å². The summed E-state index contributed by atoms with van der Waals surface area (Å²) in [4.78, 5) is 0. The molecule has 0 atom stereocenters. The Kier molecular flexibility index (Phi) is 4.22. The van der Waals surface area contributed by atoms with Crippen molar-refractivity contribution < 1.29 is 19.4 Å². The summed E-state index contributed by atoms with van der Waals surface area (Å²) in [6.07, 6.45) is 0. The van der Waals surface area contributed by atoms with Crippen molar-refractivity contribution in [1.82, 2.24) is 0 Å². The molecular formula is C11H23F5SSi. The fourth-order valence-electron chi connectivity index (χ4n) is 2.82. The van der Waals surface area contributed by atoms with E-state index in [1.807, 2.05) is 41.5 Å². The van der Waals surface area contributed by atoms with Crippen molar-refractivity contribution >= 4 is 18.3 Å². The summed E-state index contributed by atoms with van der Waals surface area (Å²) in [5, 5.41) is -0.716. The maximum absolute atomic E-state index is 12.5. The first kappa shape index (κ1) is 18.0. The maximum Gasteiger partial charge on any atom is 0.303 e. The minimum Gasteiger partial charge on any atom is -0.0942 e. The Labute approximate surface area is 107 Å². The van der Waals surface area contributed by atoms with Gasteiger partial charge in [-0.25, -0.2) is 0 Å². The van der Waals surface area contributed by atoms with E-state index in [4.69, 9.17) is 0 Å². The van der Waals surface area contributed by atoms with E-state index in [-0.39, 0.29) is 16.6 Å². The predicted molar refractivity (Wildman–Crippen MR) is 73.3 cm³/mol. The van der Waals surface area contributed by atoms with Crippen LogP contribution < -0.4 is 0 Å². The molecule has 0 fully saturated rings. The van der Waals surface area contributed by atoms with Crippen LogP contribution in [-0.2, 0) is 0 Å². The van der Waals surface area contributed by atoms with Gasteiger partial charge in [0.05, 0.1) is 13.5 Å². The Morgan fingerprint density at radius 3 is 1.17 bits per heavy atom. The minimum absolute atomic E-state index is 0.0197. The Balaban J connectivity index is 5.77. The van der Waals surface area contributed by atoms with Gasteiger partial charge in [0.2, 0.25) is 0 Å². The minimum atomic E-state index is -9.45. The number of hydrogen-bond donors (Lipinski definition) is 0. The van der Waals surface area contributed by atoms with E-state index >= 15 is 0 Å². The van der Waals surface area contributed by atoms with Crippen molar-refractivity contribution in [1.29, 1.82) is 0 Å². The summed E-state index contributed by atoms with van der Waals surface area (Å²) in [6, 6.07) is 0. The number of halogens is 5. The fourth-order valence-corrected chi connectivity index (χ4v) is 9.95. The van der Waals surface area contributed by atoms with Gasteiger partial charge in [0.15, 0.2) is 0 Å². The predicted octanol–water partition coefficient (Wildman–Crippen LogP) is 7.02. The molecule has 0 nitrogen and oxygen atoms in total. The van der Waals surface area contributed by atoms with E-state index in [2.05, 4.69) is 0 Å². The Hall–Kier alpha value is -0.0431. The second-order valence-corrected chi connectivity index (χ2v) is 13.9. The molecule has 0 rings (SSSR count). The van der Waals surface area contributed by atoms with Crippen LogP contribution in [-0.4, -0.2) is 8.07 Å². The lowest BCUT2D eigenvalue weighted by molar-refractivity contribution is 0.384. The lowest BCUT2D eigenvalue weighted by atomic mass is 10.5. The van der Waals surface area contributed by atoms with Gasteiger partial charge in [-0.3, -0.25) is 0 Å². The molecule has 18 heavy (non-hydrogen) atoms. The molecular weight excluding hydrogens is 287 g/mol. The molecule has 0 N–H and O–H groups in total. The molecule has 0 amide bonds. The first-order valence-electron chi connectivity index (χ1n) is 5.96. The zero-order valence-electron chi connectivity index (χ0n) is 11.7. The van der Waals surface area contributed by atoms with Gasteiger partial charge in [-0.05, 0) is 16.6 Å².